The first-order chi connectivity index (χ1) is 28.3. The van der Waals surface area contributed by atoms with E-state index in [2.05, 4.69) is 229 Å². The fraction of sp³-hybridized carbons (Fsp3) is 0.0182. The van der Waals surface area contributed by atoms with Crippen LogP contribution >= 0.6 is 11.3 Å². The van der Waals surface area contributed by atoms with Gasteiger partial charge in [-0.2, -0.15) is 0 Å². The molecule has 0 amide bonds. The van der Waals surface area contributed by atoms with Crippen molar-refractivity contribution >= 4 is 48.6 Å². The average Bonchev–Trinajstić information content (AvgIpc) is 3.81. The number of hydrogen-bond acceptors (Lipinski definition) is 2. The van der Waals surface area contributed by atoms with E-state index in [0.29, 0.717) is 0 Å². The van der Waals surface area contributed by atoms with Crippen molar-refractivity contribution in [1.29, 1.82) is 0 Å². The molecule has 1 aliphatic rings. The number of benzene rings is 9. The van der Waals surface area contributed by atoms with E-state index < -0.39 is 5.41 Å². The van der Waals surface area contributed by atoms with Crippen LogP contribution in [0.15, 0.2) is 224 Å². The van der Waals surface area contributed by atoms with E-state index in [-0.39, 0.29) is 0 Å². The molecule has 2 heteroatoms. The summed E-state index contributed by atoms with van der Waals surface area (Å²) in [6, 6.07) is 82.6. The molecular weight excluding hydrogens is 707 g/mol. The Kier molecular flexibility index (Phi) is 7.98. The average molecular weight is 744 g/mol. The van der Waals surface area contributed by atoms with Gasteiger partial charge in [-0.15, -0.1) is 11.3 Å². The van der Waals surface area contributed by atoms with Crippen molar-refractivity contribution < 1.29 is 0 Å². The summed E-state index contributed by atoms with van der Waals surface area (Å²) >= 11 is 1.89. The first kappa shape index (κ1) is 33.3. The second-order valence-corrected chi connectivity index (χ2v) is 15.9. The number of thiophene rings is 1. The van der Waals surface area contributed by atoms with Gasteiger partial charge in [0.1, 0.15) is 0 Å². The normalized spacial score (nSPS) is 12.7. The van der Waals surface area contributed by atoms with Crippen LogP contribution in [-0.2, 0) is 5.41 Å². The van der Waals surface area contributed by atoms with Gasteiger partial charge in [0, 0.05) is 37.1 Å². The Morgan fingerprint density at radius 2 is 0.860 bits per heavy atom. The highest BCUT2D eigenvalue weighted by Gasteiger charge is 2.48. The van der Waals surface area contributed by atoms with Gasteiger partial charge < -0.3 is 4.90 Å². The van der Waals surface area contributed by atoms with Crippen molar-refractivity contribution in [3.63, 3.8) is 0 Å². The van der Waals surface area contributed by atoms with Gasteiger partial charge in [0.2, 0.25) is 0 Å². The molecule has 0 aliphatic heterocycles. The van der Waals surface area contributed by atoms with Crippen molar-refractivity contribution in [3.8, 4) is 33.4 Å². The van der Waals surface area contributed by atoms with Crippen LogP contribution in [-0.4, -0.2) is 0 Å². The Hall–Kier alpha value is -7.00. The first-order valence-electron chi connectivity index (χ1n) is 19.6. The van der Waals surface area contributed by atoms with Crippen LogP contribution in [0.25, 0.3) is 53.6 Å². The lowest BCUT2D eigenvalue weighted by Gasteiger charge is -2.35. The third-order valence-electron chi connectivity index (χ3n) is 11.7. The maximum atomic E-state index is 2.53. The van der Waals surface area contributed by atoms with Crippen LogP contribution in [0.3, 0.4) is 0 Å². The summed E-state index contributed by atoms with van der Waals surface area (Å²) in [5.41, 5.74) is 15.3. The molecule has 1 nitrogen and oxygen atoms in total. The standard InChI is InChI=1S/C55H37NS/c1-6-18-38(19-7-1)40-30-33-45(34-31-40)56(44-26-14-5-15-27-44)54-52-46-35-32-41(39-20-8-2-9-21-39)36-48(46)55(42-22-10-3-11-23-42,43-24-12-4-13-25-43)49(52)37-51-53(54)47-28-16-17-29-50(47)57-51/h1-37H. The minimum Gasteiger partial charge on any atom is -0.309 e. The highest BCUT2D eigenvalue weighted by atomic mass is 32.1. The van der Waals surface area contributed by atoms with Crippen molar-refractivity contribution in [2.45, 2.75) is 5.41 Å². The lowest BCUT2D eigenvalue weighted by Crippen LogP contribution is -2.28. The van der Waals surface area contributed by atoms with Crippen LogP contribution in [0.5, 0.6) is 0 Å². The van der Waals surface area contributed by atoms with E-state index in [4.69, 9.17) is 0 Å². The summed E-state index contributed by atoms with van der Waals surface area (Å²) in [5, 5.41) is 2.55. The van der Waals surface area contributed by atoms with Crippen LogP contribution in [0, 0.1) is 0 Å². The first-order valence-corrected chi connectivity index (χ1v) is 20.4. The molecule has 0 saturated heterocycles. The Balaban J connectivity index is 1.31. The van der Waals surface area contributed by atoms with Gasteiger partial charge in [0.25, 0.3) is 0 Å². The van der Waals surface area contributed by atoms with E-state index in [1.54, 1.807) is 0 Å². The van der Waals surface area contributed by atoms with Gasteiger partial charge in [-0.3, -0.25) is 0 Å². The Morgan fingerprint density at radius 3 is 1.49 bits per heavy atom. The molecule has 1 aliphatic carbocycles. The van der Waals surface area contributed by atoms with Crippen molar-refractivity contribution in [2.24, 2.45) is 0 Å². The molecule has 0 spiro atoms. The third-order valence-corrected chi connectivity index (χ3v) is 12.8. The maximum absolute atomic E-state index is 2.53. The molecule has 0 N–H and O–H groups in total. The van der Waals surface area contributed by atoms with Crippen molar-refractivity contribution in [1.82, 2.24) is 0 Å². The Labute approximate surface area is 337 Å². The highest BCUT2D eigenvalue weighted by molar-refractivity contribution is 7.26. The zero-order valence-electron chi connectivity index (χ0n) is 31.2. The topological polar surface area (TPSA) is 3.24 Å². The highest BCUT2D eigenvalue weighted by Crippen LogP contribution is 2.63. The van der Waals surface area contributed by atoms with Gasteiger partial charge in [-0.25, -0.2) is 0 Å². The van der Waals surface area contributed by atoms with Crippen LogP contribution in [0.1, 0.15) is 22.3 Å². The predicted octanol–water partition coefficient (Wildman–Crippen LogP) is 15.2. The summed E-state index contributed by atoms with van der Waals surface area (Å²) < 4.78 is 2.56. The number of rotatable bonds is 7. The molecule has 1 heterocycles. The van der Waals surface area contributed by atoms with E-state index in [9.17, 15) is 0 Å². The van der Waals surface area contributed by atoms with E-state index in [1.165, 1.54) is 81.5 Å². The molecule has 0 atom stereocenters. The number of nitrogens with zero attached hydrogens (tertiary/aromatic N) is 1. The zero-order valence-corrected chi connectivity index (χ0v) is 32.0. The van der Waals surface area contributed by atoms with Gasteiger partial charge >= 0.3 is 0 Å². The van der Waals surface area contributed by atoms with Crippen molar-refractivity contribution in [2.75, 3.05) is 4.90 Å². The lowest BCUT2D eigenvalue weighted by molar-refractivity contribution is 0.770. The minimum absolute atomic E-state index is 0.587. The molecular formula is C55H37NS. The lowest BCUT2D eigenvalue weighted by atomic mass is 9.67. The van der Waals surface area contributed by atoms with E-state index in [0.717, 1.165) is 11.4 Å². The van der Waals surface area contributed by atoms with Gasteiger partial charge in [0.15, 0.2) is 0 Å². The van der Waals surface area contributed by atoms with Crippen LogP contribution in [0.4, 0.5) is 17.1 Å². The molecule has 57 heavy (non-hydrogen) atoms. The largest absolute Gasteiger partial charge is 0.309 e. The van der Waals surface area contributed by atoms with Gasteiger partial charge in [-0.1, -0.05) is 182 Å². The summed E-state index contributed by atoms with van der Waals surface area (Å²) in [7, 11) is 0. The fourth-order valence-corrected chi connectivity index (χ4v) is 10.4. The molecule has 10 aromatic rings. The zero-order chi connectivity index (χ0) is 37.8. The van der Waals surface area contributed by atoms with E-state index >= 15 is 0 Å². The summed E-state index contributed by atoms with van der Waals surface area (Å²) in [6.07, 6.45) is 0. The second kappa shape index (κ2) is 13.6. The summed E-state index contributed by atoms with van der Waals surface area (Å²) in [4.78, 5) is 2.52. The second-order valence-electron chi connectivity index (χ2n) is 14.8. The van der Waals surface area contributed by atoms with E-state index in [1.807, 2.05) is 11.3 Å². The molecule has 0 saturated carbocycles. The summed E-state index contributed by atoms with van der Waals surface area (Å²) in [6.45, 7) is 0. The fourth-order valence-electron chi connectivity index (χ4n) is 9.27. The molecule has 268 valence electrons. The SMILES string of the molecule is c1ccc(-c2ccc(N(c3ccccc3)c3c4c(cc5sc6ccccc6c35)C(c3ccccc3)(c3ccccc3)c3cc(-c5ccccc5)ccc3-4)cc2)cc1. The Morgan fingerprint density at radius 1 is 0.368 bits per heavy atom. The number of fused-ring (bicyclic) bond motifs is 6. The Bertz CT molecular complexity index is 2990. The monoisotopic (exact) mass is 743 g/mol. The molecule has 9 aromatic carbocycles. The maximum Gasteiger partial charge on any atom is 0.0715 e. The van der Waals surface area contributed by atoms with Gasteiger partial charge in [0.05, 0.1) is 11.1 Å². The minimum atomic E-state index is -0.587. The van der Waals surface area contributed by atoms with Crippen molar-refractivity contribution in [3.05, 3.63) is 247 Å². The molecule has 1 aromatic heterocycles. The number of anilines is 3. The number of para-hydroxylation sites is 1. The quantitative estimate of drug-likeness (QED) is 0.157. The molecule has 0 radical (unpaired) electrons. The molecule has 0 bridgehead atoms. The smallest absolute Gasteiger partial charge is 0.0715 e. The number of hydrogen-bond donors (Lipinski definition) is 0. The predicted molar refractivity (Wildman–Crippen MR) is 242 cm³/mol. The van der Waals surface area contributed by atoms with Crippen LogP contribution in [0.2, 0.25) is 0 Å². The molecule has 0 fully saturated rings. The van der Waals surface area contributed by atoms with Crippen LogP contribution < -0.4 is 4.90 Å². The third kappa shape index (κ3) is 5.29. The summed E-state index contributed by atoms with van der Waals surface area (Å²) in [5.74, 6) is 0. The molecule has 0 unspecified atom stereocenters. The van der Waals surface area contributed by atoms with Gasteiger partial charge in [-0.05, 0) is 92.5 Å². The molecule has 11 rings (SSSR count).